The van der Waals surface area contributed by atoms with Crippen LogP contribution in [-0.2, 0) is 23.6 Å². The van der Waals surface area contributed by atoms with Gasteiger partial charge >= 0.3 is 25.5 Å². The first-order valence-corrected chi connectivity index (χ1v) is 6.14. The zero-order valence-corrected chi connectivity index (χ0v) is 10.0. The number of hydrogen-bond acceptors (Lipinski definition) is 6. The van der Waals surface area contributed by atoms with Crippen molar-refractivity contribution in [3.63, 3.8) is 0 Å². The van der Waals surface area contributed by atoms with Gasteiger partial charge in [0.1, 0.15) is 5.66 Å². The summed E-state index contributed by atoms with van der Waals surface area (Å²) in [6, 6.07) is 0. The molecule has 0 aliphatic rings. The molecule has 0 aromatic rings. The Hall–Kier alpha value is -1.48. The van der Waals surface area contributed by atoms with Crippen molar-refractivity contribution in [3.8, 4) is 0 Å². The minimum absolute atomic E-state index is 0.560. The highest BCUT2D eigenvalue weighted by Crippen LogP contribution is 2.55. The molecule has 0 aromatic carbocycles. The van der Waals surface area contributed by atoms with Crippen LogP contribution in [0.3, 0.4) is 0 Å². The number of carbonyl (C=O) groups is 3. The Morgan fingerprint density at radius 2 is 1.56 bits per heavy atom. The van der Waals surface area contributed by atoms with E-state index in [9.17, 15) is 23.8 Å². The SMILES string of the molecule is CCC(C(C(=O)O)(C(=O)O)C(=O)O)P(=O)(O)ON. The van der Waals surface area contributed by atoms with E-state index in [-0.39, 0.29) is 0 Å². The van der Waals surface area contributed by atoms with Crippen LogP contribution >= 0.6 is 7.60 Å². The molecule has 0 aliphatic heterocycles. The molecule has 0 spiro atoms. The predicted octanol–water partition coefficient (Wildman–Crippen LogP) is -0.919. The van der Waals surface area contributed by atoms with Gasteiger partial charge in [0.15, 0.2) is 0 Å². The number of nitrogens with two attached hydrogens (primary N) is 1. The topological polar surface area (TPSA) is 184 Å². The Kier molecular flexibility index (Phi) is 4.99. The molecule has 0 fully saturated rings. The lowest BCUT2D eigenvalue weighted by atomic mass is 9.83. The minimum Gasteiger partial charge on any atom is -0.480 e. The summed E-state index contributed by atoms with van der Waals surface area (Å²) >= 11 is 0. The van der Waals surface area contributed by atoms with Crippen LogP contribution in [0.1, 0.15) is 13.3 Å². The van der Waals surface area contributed by atoms with Crippen molar-refractivity contribution in [1.82, 2.24) is 0 Å². The third-order valence-corrected chi connectivity index (χ3v) is 4.29. The molecule has 2 unspecified atom stereocenters. The molecule has 0 amide bonds. The fraction of sp³-hybridized carbons (Fsp3) is 0.571. The standard InChI is InChI=1S/C7H12NO9P/c1-2-3(18(15,16)17-8)7(4(9)10,5(11)12)6(13)14/h3H,2,8H2,1H3,(H,9,10)(H,11,12)(H,13,14)(H,15,16). The number of carboxylic acid groups (broad SMARTS) is 3. The van der Waals surface area contributed by atoms with Crippen LogP contribution in [0.15, 0.2) is 0 Å². The average molecular weight is 285 g/mol. The minimum atomic E-state index is -4.93. The predicted molar refractivity (Wildman–Crippen MR) is 54.5 cm³/mol. The Morgan fingerprint density at radius 3 is 1.72 bits per heavy atom. The number of hydrogen-bond donors (Lipinski definition) is 5. The highest BCUT2D eigenvalue weighted by atomic mass is 31.2. The van der Waals surface area contributed by atoms with Crippen LogP contribution in [0, 0.1) is 5.41 Å². The zero-order valence-electron chi connectivity index (χ0n) is 9.14. The summed E-state index contributed by atoms with van der Waals surface area (Å²) in [4.78, 5) is 42.2. The molecule has 0 aromatic heterocycles. The number of aliphatic carboxylic acids is 3. The molecular weight excluding hydrogens is 273 g/mol. The maximum absolute atomic E-state index is 11.5. The molecule has 0 heterocycles. The Bertz CT molecular complexity index is 383. The van der Waals surface area contributed by atoms with Gasteiger partial charge in [-0.1, -0.05) is 6.92 Å². The maximum atomic E-state index is 11.5. The summed E-state index contributed by atoms with van der Waals surface area (Å²) in [5.74, 6) is -2.39. The second kappa shape index (κ2) is 5.44. The molecule has 0 radical (unpaired) electrons. The largest absolute Gasteiger partial charge is 0.480 e. The smallest absolute Gasteiger partial charge is 0.349 e. The van der Waals surface area contributed by atoms with Crippen molar-refractivity contribution in [1.29, 1.82) is 0 Å². The van der Waals surface area contributed by atoms with Crippen LogP contribution in [0.4, 0.5) is 0 Å². The Morgan fingerprint density at radius 1 is 1.22 bits per heavy atom. The molecule has 2 atom stereocenters. The zero-order chi connectivity index (χ0) is 14.7. The van der Waals surface area contributed by atoms with Gasteiger partial charge in [-0.25, -0.2) is 10.5 Å². The summed E-state index contributed by atoms with van der Waals surface area (Å²) in [6.07, 6.45) is -0.560. The van der Waals surface area contributed by atoms with E-state index in [1.807, 2.05) is 0 Å². The highest BCUT2D eigenvalue weighted by Gasteiger charge is 2.65. The van der Waals surface area contributed by atoms with Gasteiger partial charge in [-0.2, -0.15) is 0 Å². The first kappa shape index (κ1) is 16.5. The second-order valence-electron chi connectivity index (χ2n) is 3.32. The van der Waals surface area contributed by atoms with E-state index < -0.39 is 43.0 Å². The van der Waals surface area contributed by atoms with Crippen LogP contribution in [0.25, 0.3) is 0 Å². The van der Waals surface area contributed by atoms with E-state index in [1.54, 1.807) is 0 Å². The lowest BCUT2D eigenvalue weighted by Gasteiger charge is -2.30. The van der Waals surface area contributed by atoms with E-state index in [4.69, 9.17) is 15.3 Å². The summed E-state index contributed by atoms with van der Waals surface area (Å²) < 4.78 is 15.2. The van der Waals surface area contributed by atoms with Crippen LogP contribution in [0.5, 0.6) is 0 Å². The van der Waals surface area contributed by atoms with Crippen LogP contribution < -0.4 is 5.90 Å². The molecule has 10 nitrogen and oxygen atoms in total. The molecule has 0 saturated carbocycles. The van der Waals surface area contributed by atoms with Gasteiger partial charge in [0.25, 0.3) is 5.41 Å². The Balaban J connectivity index is 6.16. The van der Waals surface area contributed by atoms with Gasteiger partial charge in [-0.05, 0) is 6.42 Å². The molecule has 0 aliphatic carbocycles. The fourth-order valence-corrected chi connectivity index (χ4v) is 2.99. The summed E-state index contributed by atoms with van der Waals surface area (Å²) in [5.41, 5.74) is -5.75. The fourth-order valence-electron chi connectivity index (χ4n) is 1.56. The number of carboxylic acids is 3. The van der Waals surface area contributed by atoms with Crippen molar-refractivity contribution in [2.45, 2.75) is 19.0 Å². The summed E-state index contributed by atoms with van der Waals surface area (Å²) in [6.45, 7) is 1.14. The van der Waals surface area contributed by atoms with Gasteiger partial charge in [0.05, 0.1) is 0 Å². The van der Waals surface area contributed by atoms with E-state index >= 15 is 0 Å². The average Bonchev–Trinajstić information content (AvgIpc) is 2.23. The van der Waals surface area contributed by atoms with Crippen LogP contribution in [0.2, 0.25) is 0 Å². The molecule has 0 bridgehead atoms. The van der Waals surface area contributed by atoms with Gasteiger partial charge in [-0.15, -0.1) is 0 Å². The lowest BCUT2D eigenvalue weighted by molar-refractivity contribution is -0.176. The second-order valence-corrected chi connectivity index (χ2v) is 5.28. The maximum Gasteiger partial charge on any atom is 0.349 e. The summed E-state index contributed by atoms with van der Waals surface area (Å²) in [7, 11) is -4.93. The molecular formula is C7H12NO9P. The van der Waals surface area contributed by atoms with Gasteiger partial charge in [0.2, 0.25) is 0 Å². The van der Waals surface area contributed by atoms with Crippen LogP contribution in [-0.4, -0.2) is 43.8 Å². The van der Waals surface area contributed by atoms with E-state index in [1.165, 1.54) is 0 Å². The molecule has 11 heteroatoms. The lowest BCUT2D eigenvalue weighted by Crippen LogP contribution is -2.54. The van der Waals surface area contributed by atoms with E-state index in [0.717, 1.165) is 6.92 Å². The third-order valence-electron chi connectivity index (χ3n) is 2.44. The third kappa shape index (κ3) is 2.36. The van der Waals surface area contributed by atoms with Gasteiger partial charge in [0, 0.05) is 0 Å². The van der Waals surface area contributed by atoms with Crippen molar-refractivity contribution < 1.29 is 43.8 Å². The van der Waals surface area contributed by atoms with Crippen molar-refractivity contribution in [2.75, 3.05) is 0 Å². The summed E-state index contributed by atoms with van der Waals surface area (Å²) in [5, 5.41) is 26.5. The molecule has 0 rings (SSSR count). The van der Waals surface area contributed by atoms with E-state index in [2.05, 4.69) is 10.5 Å². The van der Waals surface area contributed by atoms with Crippen molar-refractivity contribution in [2.24, 2.45) is 11.3 Å². The van der Waals surface area contributed by atoms with Gasteiger partial charge < -0.3 is 20.2 Å². The molecule has 6 N–H and O–H groups in total. The molecule has 104 valence electrons. The van der Waals surface area contributed by atoms with E-state index in [0.29, 0.717) is 0 Å². The van der Waals surface area contributed by atoms with Crippen molar-refractivity contribution >= 4 is 25.5 Å². The molecule has 0 saturated heterocycles. The number of rotatable bonds is 7. The quantitative estimate of drug-likeness (QED) is 0.222. The first-order chi connectivity index (χ1) is 8.08. The van der Waals surface area contributed by atoms with Crippen molar-refractivity contribution in [3.05, 3.63) is 0 Å². The highest BCUT2D eigenvalue weighted by molar-refractivity contribution is 7.53. The molecule has 18 heavy (non-hydrogen) atoms. The normalized spacial score (nSPS) is 16.6. The monoisotopic (exact) mass is 285 g/mol. The van der Waals surface area contributed by atoms with Gasteiger partial charge in [-0.3, -0.25) is 18.9 Å². The Labute approximate surface area is 100 Å². The first-order valence-electron chi connectivity index (χ1n) is 4.50.